The highest BCUT2D eigenvalue weighted by atomic mass is 16.2. The quantitative estimate of drug-likeness (QED) is 0.677. The minimum absolute atomic E-state index is 0.0695. The lowest BCUT2D eigenvalue weighted by Crippen LogP contribution is -2.58. The normalized spacial score (nSPS) is 23.3. The summed E-state index contributed by atoms with van der Waals surface area (Å²) in [6.45, 7) is 1.09. The Morgan fingerprint density at radius 3 is 2.60 bits per heavy atom. The van der Waals surface area contributed by atoms with Crippen molar-refractivity contribution in [3.63, 3.8) is 0 Å². The lowest BCUT2D eigenvalue weighted by molar-refractivity contribution is -0.130. The Bertz CT molecular complexity index is 241. The van der Waals surface area contributed by atoms with Gasteiger partial charge in [0.25, 0.3) is 0 Å². The number of amides is 1. The van der Waals surface area contributed by atoms with E-state index in [1.807, 2.05) is 11.9 Å². The number of likely N-dealkylation sites (N-methyl/N-ethyl adjacent to an activating group) is 1. The molecule has 0 aromatic heterocycles. The molecule has 2 aliphatic carbocycles. The third-order valence-corrected chi connectivity index (χ3v) is 3.80. The number of hydrogen-bond acceptors (Lipinski definition) is 3. The Hall–Kier alpha value is -0.610. The van der Waals surface area contributed by atoms with Crippen LogP contribution in [0.4, 0.5) is 0 Å². The first-order valence-electron chi connectivity index (χ1n) is 5.88. The summed E-state index contributed by atoms with van der Waals surface area (Å²) in [4.78, 5) is 13.6. The number of hydrogen-bond donors (Lipinski definition) is 2. The van der Waals surface area contributed by atoms with Gasteiger partial charge in [-0.05, 0) is 32.1 Å². The molecule has 2 aliphatic rings. The molecule has 3 N–H and O–H groups in total. The lowest BCUT2D eigenvalue weighted by atomic mass is 9.77. The highest BCUT2D eigenvalue weighted by Crippen LogP contribution is 2.30. The van der Waals surface area contributed by atoms with Crippen molar-refractivity contribution in [1.82, 2.24) is 10.2 Å². The molecule has 0 bridgehead atoms. The van der Waals surface area contributed by atoms with Crippen LogP contribution in [0, 0.1) is 0 Å². The van der Waals surface area contributed by atoms with Crippen molar-refractivity contribution in [2.75, 3.05) is 20.1 Å². The average molecular weight is 211 g/mol. The third kappa shape index (κ3) is 2.32. The fourth-order valence-corrected chi connectivity index (χ4v) is 2.11. The predicted octanol–water partition coefficient (Wildman–Crippen LogP) is 0.0782. The zero-order valence-electron chi connectivity index (χ0n) is 9.46. The van der Waals surface area contributed by atoms with Gasteiger partial charge in [0.1, 0.15) is 0 Å². The minimum atomic E-state index is 0.0695. The maximum absolute atomic E-state index is 11.7. The van der Waals surface area contributed by atoms with E-state index < -0.39 is 0 Å². The van der Waals surface area contributed by atoms with Crippen molar-refractivity contribution >= 4 is 5.91 Å². The van der Waals surface area contributed by atoms with Crippen LogP contribution < -0.4 is 11.1 Å². The molecule has 86 valence electrons. The molecule has 0 aromatic rings. The van der Waals surface area contributed by atoms with Gasteiger partial charge in [-0.2, -0.15) is 0 Å². The van der Waals surface area contributed by atoms with E-state index in [9.17, 15) is 4.79 Å². The van der Waals surface area contributed by atoms with E-state index in [4.69, 9.17) is 5.73 Å². The van der Waals surface area contributed by atoms with Crippen LogP contribution in [0.2, 0.25) is 0 Å². The number of nitrogens with one attached hydrogen (secondary N) is 1. The molecular weight excluding hydrogens is 190 g/mol. The molecule has 0 unspecified atom stereocenters. The smallest absolute Gasteiger partial charge is 0.236 e. The van der Waals surface area contributed by atoms with Crippen LogP contribution >= 0.6 is 0 Å². The van der Waals surface area contributed by atoms with E-state index >= 15 is 0 Å². The SMILES string of the molecule is CN(C(=O)CNC1(CN)CCC1)C1CC1. The van der Waals surface area contributed by atoms with Gasteiger partial charge in [0.2, 0.25) is 5.91 Å². The number of rotatable bonds is 5. The fraction of sp³-hybridized carbons (Fsp3) is 0.909. The number of carbonyl (C=O) groups excluding carboxylic acids is 1. The van der Waals surface area contributed by atoms with Crippen molar-refractivity contribution in [2.45, 2.75) is 43.7 Å². The van der Waals surface area contributed by atoms with Gasteiger partial charge < -0.3 is 16.0 Å². The van der Waals surface area contributed by atoms with Crippen LogP contribution in [0.3, 0.4) is 0 Å². The summed E-state index contributed by atoms with van der Waals surface area (Å²) < 4.78 is 0. The van der Waals surface area contributed by atoms with Gasteiger partial charge in [-0.3, -0.25) is 4.79 Å². The van der Waals surface area contributed by atoms with Gasteiger partial charge in [0.05, 0.1) is 6.54 Å². The largest absolute Gasteiger partial charge is 0.342 e. The summed E-state index contributed by atoms with van der Waals surface area (Å²) in [5, 5.41) is 3.33. The molecule has 4 nitrogen and oxygen atoms in total. The Labute approximate surface area is 91.2 Å². The van der Waals surface area contributed by atoms with E-state index in [2.05, 4.69) is 5.32 Å². The molecular formula is C11H21N3O. The summed E-state index contributed by atoms with van der Waals surface area (Å²) in [7, 11) is 1.90. The van der Waals surface area contributed by atoms with Gasteiger partial charge in [-0.15, -0.1) is 0 Å². The van der Waals surface area contributed by atoms with E-state index in [0.29, 0.717) is 19.1 Å². The maximum atomic E-state index is 11.7. The van der Waals surface area contributed by atoms with Crippen molar-refractivity contribution in [3.8, 4) is 0 Å². The average Bonchev–Trinajstić information content (AvgIpc) is 2.98. The monoisotopic (exact) mass is 211 g/mol. The van der Waals surface area contributed by atoms with Crippen molar-refractivity contribution < 1.29 is 4.79 Å². The van der Waals surface area contributed by atoms with Crippen LogP contribution in [-0.2, 0) is 4.79 Å². The Kier molecular flexibility index (Phi) is 2.98. The summed E-state index contributed by atoms with van der Waals surface area (Å²) in [5.74, 6) is 0.206. The Morgan fingerprint density at radius 2 is 2.20 bits per heavy atom. The summed E-state index contributed by atoms with van der Waals surface area (Å²) in [6, 6.07) is 0.509. The fourth-order valence-electron chi connectivity index (χ4n) is 2.11. The molecule has 0 heterocycles. The zero-order valence-corrected chi connectivity index (χ0v) is 9.46. The zero-order chi connectivity index (χ0) is 10.9. The minimum Gasteiger partial charge on any atom is -0.342 e. The van der Waals surface area contributed by atoms with E-state index in [1.54, 1.807) is 0 Å². The molecule has 0 aromatic carbocycles. The van der Waals surface area contributed by atoms with Gasteiger partial charge in [-0.1, -0.05) is 0 Å². The highest BCUT2D eigenvalue weighted by molar-refractivity contribution is 5.78. The van der Waals surface area contributed by atoms with Crippen LogP contribution in [0.25, 0.3) is 0 Å². The first kappa shape index (κ1) is 10.9. The standard InChI is InChI=1S/C11H21N3O/c1-14(9-3-4-9)10(15)7-13-11(8-12)5-2-6-11/h9,13H,2-8,12H2,1H3. The summed E-state index contributed by atoms with van der Waals surface area (Å²) in [5.41, 5.74) is 5.79. The van der Waals surface area contributed by atoms with Gasteiger partial charge in [0.15, 0.2) is 0 Å². The maximum Gasteiger partial charge on any atom is 0.236 e. The topological polar surface area (TPSA) is 58.4 Å². The molecule has 0 aliphatic heterocycles. The molecule has 2 fully saturated rings. The second-order valence-electron chi connectivity index (χ2n) is 4.93. The lowest BCUT2D eigenvalue weighted by Gasteiger charge is -2.42. The first-order valence-corrected chi connectivity index (χ1v) is 5.88. The molecule has 0 atom stereocenters. The molecule has 0 saturated heterocycles. The molecule has 15 heavy (non-hydrogen) atoms. The number of nitrogens with two attached hydrogens (primary N) is 1. The van der Waals surface area contributed by atoms with Gasteiger partial charge >= 0.3 is 0 Å². The molecule has 4 heteroatoms. The van der Waals surface area contributed by atoms with Crippen molar-refractivity contribution in [1.29, 1.82) is 0 Å². The van der Waals surface area contributed by atoms with Crippen LogP contribution in [0.15, 0.2) is 0 Å². The Morgan fingerprint density at radius 1 is 1.53 bits per heavy atom. The van der Waals surface area contributed by atoms with E-state index in [-0.39, 0.29) is 11.4 Å². The van der Waals surface area contributed by atoms with Gasteiger partial charge in [0, 0.05) is 25.2 Å². The highest BCUT2D eigenvalue weighted by Gasteiger charge is 2.36. The number of nitrogens with zero attached hydrogens (tertiary/aromatic N) is 1. The molecule has 0 spiro atoms. The van der Waals surface area contributed by atoms with Gasteiger partial charge in [-0.25, -0.2) is 0 Å². The van der Waals surface area contributed by atoms with E-state index in [1.165, 1.54) is 19.3 Å². The summed E-state index contributed by atoms with van der Waals surface area (Å²) >= 11 is 0. The molecule has 2 saturated carbocycles. The predicted molar refractivity (Wildman–Crippen MR) is 59.4 cm³/mol. The molecule has 0 radical (unpaired) electrons. The molecule has 2 rings (SSSR count). The van der Waals surface area contributed by atoms with Crippen LogP contribution in [0.5, 0.6) is 0 Å². The summed E-state index contributed by atoms with van der Waals surface area (Å²) in [6.07, 6.45) is 5.80. The number of carbonyl (C=O) groups is 1. The molecule has 1 amide bonds. The third-order valence-electron chi connectivity index (χ3n) is 3.80. The van der Waals surface area contributed by atoms with Crippen molar-refractivity contribution in [3.05, 3.63) is 0 Å². The Balaban J connectivity index is 1.74. The first-order chi connectivity index (χ1) is 7.17. The van der Waals surface area contributed by atoms with Crippen molar-refractivity contribution in [2.24, 2.45) is 5.73 Å². The van der Waals surface area contributed by atoms with Crippen LogP contribution in [0.1, 0.15) is 32.1 Å². The van der Waals surface area contributed by atoms with Crippen LogP contribution in [-0.4, -0.2) is 42.5 Å². The second-order valence-corrected chi connectivity index (χ2v) is 4.93. The second kappa shape index (κ2) is 4.10. The van der Waals surface area contributed by atoms with E-state index in [0.717, 1.165) is 12.8 Å².